The normalized spacial score (nSPS) is 15.8. The van der Waals surface area contributed by atoms with Crippen molar-refractivity contribution in [3.8, 4) is 0 Å². The van der Waals surface area contributed by atoms with E-state index in [9.17, 15) is 9.59 Å². The van der Waals surface area contributed by atoms with Gasteiger partial charge in [0.25, 0.3) is 5.56 Å². The number of fused-ring (bicyclic) bond motifs is 1. The summed E-state index contributed by atoms with van der Waals surface area (Å²) in [5.41, 5.74) is 2.33. The zero-order valence-corrected chi connectivity index (χ0v) is 24.3. The molecular weight excluding hydrogens is 524 g/mol. The van der Waals surface area contributed by atoms with Gasteiger partial charge in [-0.1, -0.05) is 72.4 Å². The van der Waals surface area contributed by atoms with Gasteiger partial charge in [0.15, 0.2) is 16.3 Å². The number of ether oxygens (including phenoxy) is 1. The molecule has 0 radical (unpaired) electrons. The average molecular weight is 561 g/mol. The third-order valence-electron chi connectivity index (χ3n) is 6.78. The van der Waals surface area contributed by atoms with E-state index in [0.29, 0.717) is 41.9 Å². The molecule has 1 amide bonds. The molecule has 0 bridgehead atoms. The second-order valence-corrected chi connectivity index (χ2v) is 11.8. The molecule has 0 spiro atoms. The molecule has 1 aliphatic heterocycles. The largest absolute Gasteiger partial charge is 0.444 e. The van der Waals surface area contributed by atoms with Crippen LogP contribution in [0.15, 0.2) is 70.6 Å². The minimum absolute atomic E-state index is 0.0990. The molecule has 3 heterocycles. The molecule has 9 nitrogen and oxygen atoms in total. The zero-order chi connectivity index (χ0) is 28.3. The molecule has 0 saturated carbocycles. The second-order valence-electron chi connectivity index (χ2n) is 11.1. The summed E-state index contributed by atoms with van der Waals surface area (Å²) in [7, 11) is 0. The monoisotopic (exact) mass is 560 g/mol. The highest BCUT2D eigenvalue weighted by Gasteiger charge is 2.29. The van der Waals surface area contributed by atoms with Crippen LogP contribution in [0.1, 0.15) is 44.7 Å². The third kappa shape index (κ3) is 6.33. The Bertz CT molecular complexity index is 1530. The third-order valence-corrected chi connectivity index (χ3v) is 7.46. The highest BCUT2D eigenvalue weighted by atomic mass is 32.2. The Labute approximate surface area is 238 Å². The van der Waals surface area contributed by atoms with Crippen molar-refractivity contribution < 1.29 is 9.53 Å². The van der Waals surface area contributed by atoms with E-state index in [1.165, 1.54) is 11.8 Å². The number of aromatic nitrogens is 4. The maximum atomic E-state index is 14.1. The quantitative estimate of drug-likeness (QED) is 0.254. The number of carbonyl (C=O) groups excluding carboxylic acids is 1. The molecule has 210 valence electrons. The Morgan fingerprint density at radius 3 is 2.23 bits per heavy atom. The number of rotatable bonds is 7. The van der Waals surface area contributed by atoms with Crippen LogP contribution in [0.2, 0.25) is 0 Å². The first-order valence-corrected chi connectivity index (χ1v) is 14.8. The molecule has 10 heteroatoms. The molecule has 4 aromatic rings. The van der Waals surface area contributed by atoms with Crippen molar-refractivity contribution in [1.82, 2.24) is 24.4 Å². The van der Waals surface area contributed by atoms with Crippen molar-refractivity contribution in [2.45, 2.75) is 63.5 Å². The molecule has 5 rings (SSSR count). The first-order valence-electron chi connectivity index (χ1n) is 13.6. The Hall–Kier alpha value is -3.79. The molecule has 1 fully saturated rings. The molecular formula is C30H36N6O3S. The number of amides is 1. The average Bonchev–Trinajstić information content (AvgIpc) is 3.28. The Kier molecular flexibility index (Phi) is 8.16. The first-order chi connectivity index (χ1) is 19.2. The number of anilines is 1. The topological polar surface area (TPSA) is 94.3 Å². The van der Waals surface area contributed by atoms with E-state index in [4.69, 9.17) is 14.7 Å². The van der Waals surface area contributed by atoms with Crippen molar-refractivity contribution in [3.63, 3.8) is 0 Å². The molecule has 1 saturated heterocycles. The molecule has 1 N–H and O–H groups in total. The molecule has 1 unspecified atom stereocenters. The van der Waals surface area contributed by atoms with Crippen LogP contribution in [0.5, 0.6) is 0 Å². The van der Waals surface area contributed by atoms with Gasteiger partial charge in [-0.15, -0.1) is 0 Å². The molecule has 0 aliphatic carbocycles. The fourth-order valence-corrected chi connectivity index (χ4v) is 5.60. The van der Waals surface area contributed by atoms with Gasteiger partial charge in [0.1, 0.15) is 5.60 Å². The van der Waals surface area contributed by atoms with E-state index < -0.39 is 11.7 Å². The molecule has 1 atom stereocenters. The molecule has 2 aromatic carbocycles. The van der Waals surface area contributed by atoms with E-state index in [0.717, 1.165) is 30.5 Å². The van der Waals surface area contributed by atoms with Gasteiger partial charge in [0.05, 0.1) is 13.1 Å². The van der Waals surface area contributed by atoms with E-state index in [1.54, 1.807) is 4.57 Å². The summed E-state index contributed by atoms with van der Waals surface area (Å²) < 4.78 is 9.21. The number of thioether (sulfide) groups is 1. The summed E-state index contributed by atoms with van der Waals surface area (Å²) in [6.45, 7) is 7.79. The fourth-order valence-electron chi connectivity index (χ4n) is 5.05. The maximum Gasteiger partial charge on any atom is 0.407 e. The van der Waals surface area contributed by atoms with Gasteiger partial charge in [0.2, 0.25) is 5.95 Å². The predicted octanol–water partition coefficient (Wildman–Crippen LogP) is 4.91. The van der Waals surface area contributed by atoms with Gasteiger partial charge >= 0.3 is 6.09 Å². The molecule has 40 heavy (non-hydrogen) atoms. The van der Waals surface area contributed by atoms with Crippen LogP contribution in [0.25, 0.3) is 11.2 Å². The number of alkyl carbamates (subject to hydrolysis) is 1. The molecule has 1 aliphatic rings. The SMILES string of the molecule is CSc1nc2nc(N3CCCC(NC(=O)OC(C)(C)C)C3)n(Cc3ccccc3)c2c(=O)n1Cc1ccccc1. The van der Waals surface area contributed by atoms with Crippen molar-refractivity contribution in [2.24, 2.45) is 0 Å². The maximum absolute atomic E-state index is 14.1. The highest BCUT2D eigenvalue weighted by molar-refractivity contribution is 7.98. The fraction of sp³-hybridized carbons (Fsp3) is 0.400. The van der Waals surface area contributed by atoms with Gasteiger partial charge < -0.3 is 15.0 Å². The van der Waals surface area contributed by atoms with Crippen LogP contribution in [-0.4, -0.2) is 56.2 Å². The summed E-state index contributed by atoms with van der Waals surface area (Å²) in [5.74, 6) is 0.684. The summed E-state index contributed by atoms with van der Waals surface area (Å²) in [6.07, 6.45) is 3.21. The van der Waals surface area contributed by atoms with Gasteiger partial charge in [-0.05, 0) is 51.0 Å². The van der Waals surface area contributed by atoms with Crippen LogP contribution in [0.4, 0.5) is 10.7 Å². The lowest BCUT2D eigenvalue weighted by Gasteiger charge is -2.34. The van der Waals surface area contributed by atoms with Crippen LogP contribution >= 0.6 is 11.8 Å². The summed E-state index contributed by atoms with van der Waals surface area (Å²) in [6, 6.07) is 19.9. The summed E-state index contributed by atoms with van der Waals surface area (Å²) in [4.78, 5) is 38.5. The molecule has 2 aromatic heterocycles. The highest BCUT2D eigenvalue weighted by Crippen LogP contribution is 2.26. The Morgan fingerprint density at radius 2 is 1.62 bits per heavy atom. The minimum atomic E-state index is -0.567. The number of nitrogens with one attached hydrogen (secondary N) is 1. The van der Waals surface area contributed by atoms with Gasteiger partial charge in [-0.2, -0.15) is 4.98 Å². The van der Waals surface area contributed by atoms with Crippen LogP contribution < -0.4 is 15.8 Å². The van der Waals surface area contributed by atoms with E-state index in [-0.39, 0.29) is 11.6 Å². The zero-order valence-electron chi connectivity index (χ0n) is 23.5. The lowest BCUT2D eigenvalue weighted by molar-refractivity contribution is 0.0499. The minimum Gasteiger partial charge on any atom is -0.444 e. The first kappa shape index (κ1) is 27.8. The number of nitrogens with zero attached hydrogens (tertiary/aromatic N) is 5. The lowest BCUT2D eigenvalue weighted by atomic mass is 10.1. The van der Waals surface area contributed by atoms with E-state index in [2.05, 4.69) is 10.2 Å². The van der Waals surface area contributed by atoms with Crippen molar-refractivity contribution in [1.29, 1.82) is 0 Å². The van der Waals surface area contributed by atoms with Gasteiger partial charge in [-0.25, -0.2) is 9.78 Å². The Morgan fingerprint density at radius 1 is 1.00 bits per heavy atom. The smallest absolute Gasteiger partial charge is 0.407 e. The number of imidazole rings is 1. The van der Waals surface area contributed by atoms with Crippen LogP contribution in [-0.2, 0) is 17.8 Å². The van der Waals surface area contributed by atoms with Gasteiger partial charge in [0, 0.05) is 19.1 Å². The van der Waals surface area contributed by atoms with Crippen LogP contribution in [0.3, 0.4) is 0 Å². The van der Waals surface area contributed by atoms with Crippen molar-refractivity contribution >= 4 is 35.0 Å². The van der Waals surface area contributed by atoms with Crippen molar-refractivity contribution in [2.75, 3.05) is 24.2 Å². The summed E-state index contributed by atoms with van der Waals surface area (Å²) >= 11 is 1.44. The second kappa shape index (κ2) is 11.8. The predicted molar refractivity (Wildman–Crippen MR) is 159 cm³/mol. The van der Waals surface area contributed by atoms with Crippen LogP contribution in [0, 0.1) is 0 Å². The number of benzene rings is 2. The van der Waals surface area contributed by atoms with Crippen molar-refractivity contribution in [3.05, 3.63) is 82.1 Å². The number of carbonyl (C=O) groups is 1. The lowest BCUT2D eigenvalue weighted by Crippen LogP contribution is -2.49. The summed E-state index contributed by atoms with van der Waals surface area (Å²) in [5, 5.41) is 3.64. The number of hydrogen-bond donors (Lipinski definition) is 1. The standard InChI is InChI=1S/C30H36N6O3S/c1-30(2,3)39-29(38)31-23-16-11-17-34(20-23)27-32-25-24(35(27)18-21-12-7-5-8-13-21)26(37)36(28(33-25)40-4)19-22-14-9-6-10-15-22/h5-10,12-15,23H,11,16-20H2,1-4H3,(H,31,38). The number of piperidine rings is 1. The number of hydrogen-bond acceptors (Lipinski definition) is 7. The Balaban J connectivity index is 1.55. The van der Waals surface area contributed by atoms with E-state index in [1.807, 2.05) is 92.3 Å². The van der Waals surface area contributed by atoms with Gasteiger partial charge in [-0.3, -0.25) is 13.9 Å². The van der Waals surface area contributed by atoms with E-state index >= 15 is 0 Å².